The van der Waals surface area contributed by atoms with Gasteiger partial charge in [0, 0.05) is 5.02 Å². The van der Waals surface area contributed by atoms with Gasteiger partial charge in [0.2, 0.25) is 5.76 Å². The summed E-state index contributed by atoms with van der Waals surface area (Å²) >= 11 is 11.7. The molecule has 0 aliphatic carbocycles. The summed E-state index contributed by atoms with van der Waals surface area (Å²) in [6.45, 7) is 0.789. The van der Waals surface area contributed by atoms with Gasteiger partial charge < -0.3 is 14.8 Å². The van der Waals surface area contributed by atoms with E-state index < -0.39 is 5.91 Å². The maximum absolute atomic E-state index is 11.7. The lowest BCUT2D eigenvalue weighted by molar-refractivity contribution is -0.117. The van der Waals surface area contributed by atoms with E-state index in [9.17, 15) is 4.79 Å². The van der Waals surface area contributed by atoms with Gasteiger partial charge in [-0.3, -0.25) is 4.79 Å². The smallest absolute Gasteiger partial charge is 0.294 e. The van der Waals surface area contributed by atoms with E-state index in [1.165, 1.54) is 6.26 Å². The van der Waals surface area contributed by atoms with E-state index >= 15 is 0 Å². The third-order valence-electron chi connectivity index (χ3n) is 2.05. The van der Waals surface area contributed by atoms with Crippen LogP contribution in [0.4, 0.5) is 5.69 Å². The second-order valence-corrected chi connectivity index (χ2v) is 4.12. The maximum Gasteiger partial charge on any atom is 0.294 e. The van der Waals surface area contributed by atoms with Crippen LogP contribution in [0.5, 0.6) is 0 Å². The first kappa shape index (κ1) is 12.1. The summed E-state index contributed by atoms with van der Waals surface area (Å²) in [4.78, 5) is 11.7. The molecule has 1 N–H and O–H groups in total. The van der Waals surface area contributed by atoms with Crippen molar-refractivity contribution < 1.29 is 14.3 Å². The van der Waals surface area contributed by atoms with Crippen LogP contribution in [0.25, 0.3) is 0 Å². The molecular formula is C11H9Cl2NO3. The molecule has 0 spiro atoms. The fourth-order valence-corrected chi connectivity index (χ4v) is 1.60. The van der Waals surface area contributed by atoms with Gasteiger partial charge in [-0.15, -0.1) is 0 Å². The number of carbonyl (C=O) groups excluding carboxylic acids is 1. The van der Waals surface area contributed by atoms with Crippen LogP contribution in [0.2, 0.25) is 10.0 Å². The first-order valence-corrected chi connectivity index (χ1v) is 5.63. The zero-order chi connectivity index (χ0) is 12.3. The average Bonchev–Trinajstić information content (AvgIpc) is 2.35. The molecule has 0 aromatic heterocycles. The first-order valence-electron chi connectivity index (χ1n) is 4.88. The third kappa shape index (κ3) is 3.05. The number of amides is 1. The number of carbonyl (C=O) groups is 1. The van der Waals surface area contributed by atoms with Gasteiger partial charge in [-0.2, -0.15) is 0 Å². The van der Waals surface area contributed by atoms with Crippen molar-refractivity contribution >= 4 is 34.8 Å². The third-order valence-corrected chi connectivity index (χ3v) is 2.61. The van der Waals surface area contributed by atoms with Gasteiger partial charge >= 0.3 is 0 Å². The minimum atomic E-state index is -0.422. The number of anilines is 1. The van der Waals surface area contributed by atoms with Crippen LogP contribution >= 0.6 is 23.2 Å². The van der Waals surface area contributed by atoms with Gasteiger partial charge in [0.1, 0.15) is 19.5 Å². The molecule has 1 aliphatic heterocycles. The predicted octanol–water partition coefficient (Wildman–Crippen LogP) is 2.82. The van der Waals surface area contributed by atoms with Crippen LogP contribution in [0.3, 0.4) is 0 Å². The van der Waals surface area contributed by atoms with Gasteiger partial charge in [-0.05, 0) is 18.2 Å². The zero-order valence-electron chi connectivity index (χ0n) is 8.70. The first-order chi connectivity index (χ1) is 8.16. The molecule has 2 rings (SSSR count). The molecule has 17 heavy (non-hydrogen) atoms. The molecule has 1 amide bonds. The highest BCUT2D eigenvalue weighted by atomic mass is 35.5. The summed E-state index contributed by atoms with van der Waals surface area (Å²) in [5.74, 6) is -0.304. The van der Waals surface area contributed by atoms with Crippen molar-refractivity contribution in [2.75, 3.05) is 18.5 Å². The highest BCUT2D eigenvalue weighted by Crippen LogP contribution is 2.25. The molecule has 1 aromatic rings. The Labute approximate surface area is 108 Å². The van der Waals surface area contributed by atoms with E-state index in [1.54, 1.807) is 18.2 Å². The molecule has 90 valence electrons. The number of nitrogens with one attached hydrogen (secondary N) is 1. The molecule has 0 bridgehead atoms. The molecule has 6 heteroatoms. The minimum Gasteiger partial charge on any atom is -0.494 e. The minimum absolute atomic E-state index is 0.118. The van der Waals surface area contributed by atoms with E-state index in [0.29, 0.717) is 28.9 Å². The van der Waals surface area contributed by atoms with Crippen molar-refractivity contribution in [1.29, 1.82) is 0 Å². The van der Waals surface area contributed by atoms with E-state index in [4.69, 9.17) is 32.7 Å². The van der Waals surface area contributed by atoms with Crippen LogP contribution in [0.15, 0.2) is 30.2 Å². The topological polar surface area (TPSA) is 47.6 Å². The molecule has 0 saturated carbocycles. The summed E-state index contributed by atoms with van der Waals surface area (Å²) in [5, 5.41) is 3.48. The van der Waals surface area contributed by atoms with Gasteiger partial charge in [0.05, 0.1) is 10.7 Å². The summed E-state index contributed by atoms with van der Waals surface area (Å²) in [6.07, 6.45) is 1.28. The number of rotatable bonds is 2. The normalized spacial score (nSPS) is 14.4. The zero-order valence-corrected chi connectivity index (χ0v) is 10.2. The van der Waals surface area contributed by atoms with Gasteiger partial charge in [-0.1, -0.05) is 23.2 Å². The highest BCUT2D eigenvalue weighted by molar-refractivity contribution is 6.35. The Morgan fingerprint density at radius 1 is 1.29 bits per heavy atom. The second kappa shape index (κ2) is 5.29. The van der Waals surface area contributed by atoms with Crippen molar-refractivity contribution in [3.8, 4) is 0 Å². The summed E-state index contributed by atoms with van der Waals surface area (Å²) in [6, 6.07) is 4.80. The lowest BCUT2D eigenvalue weighted by Gasteiger charge is -2.15. The molecule has 1 aromatic carbocycles. The molecule has 0 radical (unpaired) electrons. The number of halogens is 2. The molecule has 0 fully saturated rings. The van der Waals surface area contributed by atoms with Gasteiger partial charge in [-0.25, -0.2) is 0 Å². The van der Waals surface area contributed by atoms with Crippen molar-refractivity contribution in [1.82, 2.24) is 0 Å². The van der Waals surface area contributed by atoms with E-state index in [0.717, 1.165) is 0 Å². The standard InChI is InChI=1S/C11H9Cl2NO3/c12-7-1-2-8(13)9(5-7)14-11(15)10-6-16-3-4-17-10/h1-2,5-6H,3-4H2,(H,14,15). The van der Waals surface area contributed by atoms with Crippen LogP contribution in [-0.4, -0.2) is 19.1 Å². The Morgan fingerprint density at radius 3 is 2.82 bits per heavy atom. The van der Waals surface area contributed by atoms with Gasteiger partial charge in [0.15, 0.2) is 0 Å². The lowest BCUT2D eigenvalue weighted by Crippen LogP contribution is -2.21. The molecule has 0 saturated heterocycles. The maximum atomic E-state index is 11.7. The van der Waals surface area contributed by atoms with Crippen molar-refractivity contribution in [2.24, 2.45) is 0 Å². The summed E-state index contributed by atoms with van der Waals surface area (Å²) in [5.41, 5.74) is 0.430. The number of hydrogen-bond donors (Lipinski definition) is 1. The Bertz CT molecular complexity index is 474. The van der Waals surface area contributed by atoms with Crippen molar-refractivity contribution in [2.45, 2.75) is 0 Å². The predicted molar refractivity (Wildman–Crippen MR) is 65.1 cm³/mol. The van der Waals surface area contributed by atoms with Crippen molar-refractivity contribution in [3.05, 3.63) is 40.3 Å². The Morgan fingerprint density at radius 2 is 2.12 bits per heavy atom. The SMILES string of the molecule is O=C(Nc1cc(Cl)ccc1Cl)C1=COCCO1. The fraction of sp³-hybridized carbons (Fsp3) is 0.182. The van der Waals surface area contributed by atoms with Gasteiger partial charge in [0.25, 0.3) is 5.91 Å². The lowest BCUT2D eigenvalue weighted by atomic mass is 10.3. The summed E-state index contributed by atoms with van der Waals surface area (Å²) in [7, 11) is 0. The van der Waals surface area contributed by atoms with Crippen LogP contribution in [0.1, 0.15) is 0 Å². The van der Waals surface area contributed by atoms with Crippen LogP contribution in [0, 0.1) is 0 Å². The highest BCUT2D eigenvalue weighted by Gasteiger charge is 2.16. The van der Waals surface area contributed by atoms with Crippen LogP contribution in [-0.2, 0) is 14.3 Å². The molecule has 1 aliphatic rings. The van der Waals surface area contributed by atoms with E-state index in [1.807, 2.05) is 0 Å². The molecule has 4 nitrogen and oxygen atoms in total. The molecule has 1 heterocycles. The molecule has 0 unspecified atom stereocenters. The largest absolute Gasteiger partial charge is 0.494 e. The second-order valence-electron chi connectivity index (χ2n) is 3.28. The molecular weight excluding hydrogens is 265 g/mol. The Balaban J connectivity index is 2.12. The Hall–Kier alpha value is -1.39. The summed E-state index contributed by atoms with van der Waals surface area (Å²) < 4.78 is 10.1. The quantitative estimate of drug-likeness (QED) is 0.902. The average molecular weight is 274 g/mol. The van der Waals surface area contributed by atoms with E-state index in [-0.39, 0.29) is 5.76 Å². The number of ether oxygens (including phenoxy) is 2. The van der Waals surface area contributed by atoms with Crippen LogP contribution < -0.4 is 5.32 Å². The number of hydrogen-bond acceptors (Lipinski definition) is 3. The number of benzene rings is 1. The Kier molecular flexibility index (Phi) is 3.76. The van der Waals surface area contributed by atoms with Crippen molar-refractivity contribution in [3.63, 3.8) is 0 Å². The molecule has 0 atom stereocenters. The van der Waals surface area contributed by atoms with E-state index in [2.05, 4.69) is 5.32 Å². The fourth-order valence-electron chi connectivity index (χ4n) is 1.26. The monoisotopic (exact) mass is 273 g/mol.